The molecule has 0 saturated carbocycles. The Balaban J connectivity index is 3.17. The highest BCUT2D eigenvalue weighted by molar-refractivity contribution is 5.46. The number of ether oxygens (including phenoxy) is 1. The van der Waals surface area contributed by atoms with Gasteiger partial charge in [-0.3, -0.25) is 0 Å². The van der Waals surface area contributed by atoms with Crippen LogP contribution in [0.25, 0.3) is 0 Å². The Bertz CT molecular complexity index is 321. The molecule has 0 aromatic heterocycles. The van der Waals surface area contributed by atoms with E-state index in [2.05, 4.69) is 0 Å². The van der Waals surface area contributed by atoms with Gasteiger partial charge in [0, 0.05) is 18.1 Å². The molecule has 0 spiro atoms. The van der Waals surface area contributed by atoms with Gasteiger partial charge in [-0.05, 0) is 24.6 Å². The number of phenols is 1. The maximum absolute atomic E-state index is 9.65. The molecule has 0 saturated heterocycles. The molecule has 3 nitrogen and oxygen atoms in total. The first-order chi connectivity index (χ1) is 6.60. The van der Waals surface area contributed by atoms with Crippen molar-refractivity contribution in [3.63, 3.8) is 0 Å². The third kappa shape index (κ3) is 1.99. The monoisotopic (exact) mass is 196 g/mol. The minimum absolute atomic E-state index is 0.0137. The molecule has 0 bridgehead atoms. The van der Waals surface area contributed by atoms with Gasteiger partial charge in [0.1, 0.15) is 11.5 Å². The number of aliphatic hydroxyl groups is 1. The zero-order chi connectivity index (χ0) is 10.7. The summed E-state index contributed by atoms with van der Waals surface area (Å²) >= 11 is 0. The summed E-state index contributed by atoms with van der Waals surface area (Å²) in [6.45, 7) is 3.73. The van der Waals surface area contributed by atoms with E-state index in [0.29, 0.717) is 0 Å². The quantitative estimate of drug-likeness (QED) is 0.775. The predicted molar refractivity (Wildman–Crippen MR) is 54.9 cm³/mol. The van der Waals surface area contributed by atoms with Crippen molar-refractivity contribution in [1.82, 2.24) is 0 Å². The Morgan fingerprint density at radius 2 is 2.07 bits per heavy atom. The number of benzene rings is 1. The van der Waals surface area contributed by atoms with Crippen LogP contribution in [0.4, 0.5) is 0 Å². The Morgan fingerprint density at radius 1 is 1.43 bits per heavy atom. The Hall–Kier alpha value is -1.22. The van der Waals surface area contributed by atoms with E-state index in [9.17, 15) is 5.11 Å². The fourth-order valence-electron chi connectivity index (χ4n) is 1.40. The maximum Gasteiger partial charge on any atom is 0.122 e. The highest BCUT2D eigenvalue weighted by Gasteiger charge is 2.12. The van der Waals surface area contributed by atoms with Crippen molar-refractivity contribution in [1.29, 1.82) is 0 Å². The van der Waals surface area contributed by atoms with Gasteiger partial charge in [0.2, 0.25) is 0 Å². The second-order valence-corrected chi connectivity index (χ2v) is 3.46. The van der Waals surface area contributed by atoms with Crippen LogP contribution >= 0.6 is 0 Å². The lowest BCUT2D eigenvalue weighted by atomic mass is 9.99. The summed E-state index contributed by atoms with van der Waals surface area (Å²) in [5, 5.41) is 18.6. The molecule has 3 heteroatoms. The van der Waals surface area contributed by atoms with Crippen molar-refractivity contribution >= 4 is 0 Å². The van der Waals surface area contributed by atoms with Crippen molar-refractivity contribution in [2.24, 2.45) is 0 Å². The van der Waals surface area contributed by atoms with Gasteiger partial charge in [0.05, 0.1) is 7.11 Å². The van der Waals surface area contributed by atoms with Gasteiger partial charge in [-0.1, -0.05) is 6.92 Å². The first kappa shape index (κ1) is 10.9. The number of methoxy groups -OCH3 is 1. The second kappa shape index (κ2) is 4.33. The second-order valence-electron chi connectivity index (χ2n) is 3.46. The SMILES string of the molecule is COc1cc(C(C)CO)c(O)cc1C. The van der Waals surface area contributed by atoms with Gasteiger partial charge >= 0.3 is 0 Å². The van der Waals surface area contributed by atoms with Crippen LogP contribution in [0, 0.1) is 6.92 Å². The molecule has 2 N–H and O–H groups in total. The van der Waals surface area contributed by atoms with Crippen molar-refractivity contribution in [3.8, 4) is 11.5 Å². The number of rotatable bonds is 3. The van der Waals surface area contributed by atoms with E-state index in [1.54, 1.807) is 19.2 Å². The molecule has 0 aliphatic heterocycles. The Labute approximate surface area is 84.0 Å². The summed E-state index contributed by atoms with van der Waals surface area (Å²) in [5.74, 6) is 0.868. The van der Waals surface area contributed by atoms with Crippen LogP contribution in [0.2, 0.25) is 0 Å². The van der Waals surface area contributed by atoms with Crippen molar-refractivity contribution < 1.29 is 14.9 Å². The summed E-state index contributed by atoms with van der Waals surface area (Å²) in [7, 11) is 1.59. The molecule has 0 fully saturated rings. The van der Waals surface area contributed by atoms with Gasteiger partial charge in [0.25, 0.3) is 0 Å². The lowest BCUT2D eigenvalue weighted by Gasteiger charge is -2.13. The maximum atomic E-state index is 9.65. The van der Waals surface area contributed by atoms with E-state index in [1.807, 2.05) is 13.8 Å². The number of hydrogen-bond donors (Lipinski definition) is 2. The minimum atomic E-state index is -0.0792. The highest BCUT2D eigenvalue weighted by atomic mass is 16.5. The zero-order valence-electron chi connectivity index (χ0n) is 8.74. The van der Waals surface area contributed by atoms with Crippen molar-refractivity contribution in [3.05, 3.63) is 23.3 Å². The molecule has 1 aromatic carbocycles. The summed E-state index contributed by atoms with van der Waals surface area (Å²) in [6, 6.07) is 3.42. The highest BCUT2D eigenvalue weighted by Crippen LogP contribution is 2.32. The number of hydrogen-bond acceptors (Lipinski definition) is 3. The largest absolute Gasteiger partial charge is 0.508 e. The van der Waals surface area contributed by atoms with Crippen LogP contribution in [0.3, 0.4) is 0 Å². The summed E-state index contributed by atoms with van der Waals surface area (Å²) in [6.07, 6.45) is 0. The van der Waals surface area contributed by atoms with Crippen LogP contribution in [0.1, 0.15) is 24.0 Å². The van der Waals surface area contributed by atoms with Crippen LogP contribution in [0.15, 0.2) is 12.1 Å². The molecule has 1 atom stereocenters. The van der Waals surface area contributed by atoms with Gasteiger partial charge in [-0.2, -0.15) is 0 Å². The molecule has 0 aliphatic rings. The molecule has 14 heavy (non-hydrogen) atoms. The van der Waals surface area contributed by atoms with Crippen LogP contribution in [-0.2, 0) is 0 Å². The third-order valence-corrected chi connectivity index (χ3v) is 2.35. The molecular formula is C11H16O3. The van der Waals surface area contributed by atoms with E-state index in [0.717, 1.165) is 16.9 Å². The number of aromatic hydroxyl groups is 1. The van der Waals surface area contributed by atoms with E-state index < -0.39 is 0 Å². The normalized spacial score (nSPS) is 12.6. The van der Waals surface area contributed by atoms with Crippen molar-refractivity contribution in [2.75, 3.05) is 13.7 Å². The average molecular weight is 196 g/mol. The van der Waals surface area contributed by atoms with E-state index >= 15 is 0 Å². The molecule has 1 unspecified atom stereocenters. The minimum Gasteiger partial charge on any atom is -0.508 e. The lowest BCUT2D eigenvalue weighted by molar-refractivity contribution is 0.270. The van der Waals surface area contributed by atoms with Crippen LogP contribution < -0.4 is 4.74 Å². The van der Waals surface area contributed by atoms with E-state index in [4.69, 9.17) is 9.84 Å². The lowest BCUT2D eigenvalue weighted by Crippen LogP contribution is -2.00. The fraction of sp³-hybridized carbons (Fsp3) is 0.455. The van der Waals surface area contributed by atoms with Crippen molar-refractivity contribution in [2.45, 2.75) is 19.8 Å². The number of aryl methyl sites for hydroxylation is 1. The first-order valence-electron chi connectivity index (χ1n) is 4.58. The molecule has 0 radical (unpaired) electrons. The Kier molecular flexibility index (Phi) is 3.36. The molecule has 0 heterocycles. The molecular weight excluding hydrogens is 180 g/mol. The van der Waals surface area contributed by atoms with Gasteiger partial charge in [0.15, 0.2) is 0 Å². The molecule has 1 rings (SSSR count). The van der Waals surface area contributed by atoms with Gasteiger partial charge in [-0.25, -0.2) is 0 Å². The molecule has 0 amide bonds. The molecule has 0 aliphatic carbocycles. The van der Waals surface area contributed by atoms with Gasteiger partial charge < -0.3 is 14.9 Å². The smallest absolute Gasteiger partial charge is 0.122 e. The van der Waals surface area contributed by atoms with E-state index in [1.165, 1.54) is 0 Å². The molecule has 1 aromatic rings. The Morgan fingerprint density at radius 3 is 2.57 bits per heavy atom. The summed E-state index contributed by atoms with van der Waals surface area (Å²) in [5.41, 5.74) is 1.61. The standard InChI is InChI=1S/C11H16O3/c1-7-4-10(13)9(8(2)6-12)5-11(7)14-3/h4-5,8,12-13H,6H2,1-3H3. The summed E-state index contributed by atoms with van der Waals surface area (Å²) in [4.78, 5) is 0. The fourth-order valence-corrected chi connectivity index (χ4v) is 1.40. The van der Waals surface area contributed by atoms with Gasteiger partial charge in [-0.15, -0.1) is 0 Å². The van der Waals surface area contributed by atoms with Crippen LogP contribution in [0.5, 0.6) is 11.5 Å². The van der Waals surface area contributed by atoms with E-state index in [-0.39, 0.29) is 18.3 Å². The predicted octanol–water partition coefficient (Wildman–Crippen LogP) is 1.81. The number of aliphatic hydroxyl groups excluding tert-OH is 1. The topological polar surface area (TPSA) is 49.7 Å². The third-order valence-electron chi connectivity index (χ3n) is 2.35. The molecule has 78 valence electrons. The summed E-state index contributed by atoms with van der Waals surface area (Å²) < 4.78 is 5.14. The number of phenolic OH excluding ortho intramolecular Hbond substituents is 1. The van der Waals surface area contributed by atoms with Crippen LogP contribution in [-0.4, -0.2) is 23.9 Å². The zero-order valence-corrected chi connectivity index (χ0v) is 8.74. The average Bonchev–Trinajstić information content (AvgIpc) is 2.17. The first-order valence-corrected chi connectivity index (χ1v) is 4.58.